The normalized spacial score (nSPS) is 27.6. The van der Waals surface area contributed by atoms with Crippen LogP contribution in [0.25, 0.3) is 0 Å². The molecule has 2 N–H and O–H groups in total. The molecule has 2 rings (SSSR count). The van der Waals surface area contributed by atoms with Crippen molar-refractivity contribution in [3.05, 3.63) is 0 Å². The SMILES string of the molecule is CC(C)(C)OC(=O)N1CC(C(=O)O)CC(C(O)N2CCOCC2)C1. The molecule has 3 atom stereocenters. The second kappa shape index (κ2) is 7.67. The third-order valence-corrected chi connectivity index (χ3v) is 4.33. The van der Waals surface area contributed by atoms with E-state index in [-0.39, 0.29) is 19.0 Å². The minimum absolute atomic E-state index is 0.108. The summed E-state index contributed by atoms with van der Waals surface area (Å²) in [5.74, 6) is -1.99. The predicted molar refractivity (Wildman–Crippen MR) is 85.4 cm³/mol. The van der Waals surface area contributed by atoms with Gasteiger partial charge >= 0.3 is 12.1 Å². The number of carboxylic acid groups (broad SMARTS) is 1. The molecule has 0 saturated carbocycles. The lowest BCUT2D eigenvalue weighted by Gasteiger charge is -2.42. The number of likely N-dealkylation sites (tertiary alicyclic amines) is 1. The van der Waals surface area contributed by atoms with Gasteiger partial charge in [-0.05, 0) is 27.2 Å². The standard InChI is InChI=1S/C16H28N2O6/c1-16(2,3)24-15(22)18-9-11(8-12(10-18)14(20)21)13(19)17-4-6-23-7-5-17/h11-13,19H,4-10H2,1-3H3,(H,20,21). The summed E-state index contributed by atoms with van der Waals surface area (Å²) in [6.07, 6.45) is -0.985. The van der Waals surface area contributed by atoms with Crippen molar-refractivity contribution in [3.8, 4) is 0 Å². The molecule has 0 aliphatic carbocycles. The van der Waals surface area contributed by atoms with Crippen LogP contribution in [0.3, 0.4) is 0 Å². The number of aliphatic hydroxyl groups excluding tert-OH is 1. The maximum Gasteiger partial charge on any atom is 0.410 e. The summed E-state index contributed by atoms with van der Waals surface area (Å²) < 4.78 is 10.6. The summed E-state index contributed by atoms with van der Waals surface area (Å²) in [6.45, 7) is 7.98. The fraction of sp³-hybridized carbons (Fsp3) is 0.875. The Morgan fingerprint density at radius 3 is 2.38 bits per heavy atom. The molecule has 0 spiro atoms. The molecule has 2 heterocycles. The van der Waals surface area contributed by atoms with Gasteiger partial charge in [0.1, 0.15) is 11.8 Å². The Morgan fingerprint density at radius 2 is 1.83 bits per heavy atom. The van der Waals surface area contributed by atoms with E-state index in [0.29, 0.717) is 32.7 Å². The van der Waals surface area contributed by atoms with Crippen molar-refractivity contribution in [2.24, 2.45) is 11.8 Å². The number of nitrogens with zero attached hydrogens (tertiary/aromatic N) is 2. The van der Waals surface area contributed by atoms with Crippen LogP contribution in [0.2, 0.25) is 0 Å². The number of hydrogen-bond acceptors (Lipinski definition) is 6. The maximum atomic E-state index is 12.3. The molecule has 2 aliphatic rings. The van der Waals surface area contributed by atoms with Crippen LogP contribution in [0.1, 0.15) is 27.2 Å². The van der Waals surface area contributed by atoms with Crippen molar-refractivity contribution in [2.75, 3.05) is 39.4 Å². The van der Waals surface area contributed by atoms with E-state index < -0.39 is 29.8 Å². The first-order valence-corrected chi connectivity index (χ1v) is 8.38. The van der Waals surface area contributed by atoms with Gasteiger partial charge in [-0.3, -0.25) is 9.69 Å². The number of hydrogen-bond donors (Lipinski definition) is 2. The zero-order chi connectivity index (χ0) is 17.9. The van der Waals surface area contributed by atoms with Gasteiger partial charge in [-0.2, -0.15) is 0 Å². The molecule has 8 heteroatoms. The minimum Gasteiger partial charge on any atom is -0.481 e. The number of rotatable bonds is 3. The van der Waals surface area contributed by atoms with Crippen LogP contribution in [0.5, 0.6) is 0 Å². The molecule has 0 aromatic carbocycles. The van der Waals surface area contributed by atoms with Gasteiger partial charge in [0.05, 0.1) is 19.1 Å². The minimum atomic E-state index is -0.956. The average Bonchev–Trinajstić information content (AvgIpc) is 2.53. The van der Waals surface area contributed by atoms with E-state index in [1.54, 1.807) is 20.8 Å². The number of morpholine rings is 1. The molecule has 0 aromatic rings. The molecule has 0 aromatic heterocycles. The Hall–Kier alpha value is -1.38. The molecule has 0 radical (unpaired) electrons. The number of carbonyl (C=O) groups is 2. The highest BCUT2D eigenvalue weighted by Crippen LogP contribution is 2.28. The van der Waals surface area contributed by atoms with E-state index in [0.717, 1.165) is 0 Å². The molecule has 138 valence electrons. The number of aliphatic carboxylic acids is 1. The zero-order valence-corrected chi connectivity index (χ0v) is 14.6. The molecule has 2 saturated heterocycles. The number of carboxylic acids is 1. The van der Waals surface area contributed by atoms with E-state index in [2.05, 4.69) is 0 Å². The first kappa shape index (κ1) is 19.0. The van der Waals surface area contributed by atoms with E-state index in [4.69, 9.17) is 9.47 Å². The molecular weight excluding hydrogens is 316 g/mol. The van der Waals surface area contributed by atoms with Gasteiger partial charge in [0.25, 0.3) is 0 Å². The summed E-state index contributed by atoms with van der Waals surface area (Å²) in [7, 11) is 0. The molecular formula is C16H28N2O6. The quantitative estimate of drug-likeness (QED) is 0.773. The highest BCUT2D eigenvalue weighted by Gasteiger charge is 2.40. The van der Waals surface area contributed by atoms with Crippen LogP contribution in [0.15, 0.2) is 0 Å². The monoisotopic (exact) mass is 344 g/mol. The van der Waals surface area contributed by atoms with Gasteiger partial charge in [0, 0.05) is 32.1 Å². The number of piperidine rings is 1. The van der Waals surface area contributed by atoms with E-state index in [1.165, 1.54) is 4.90 Å². The van der Waals surface area contributed by atoms with Crippen LogP contribution in [0.4, 0.5) is 4.79 Å². The highest BCUT2D eigenvalue weighted by molar-refractivity contribution is 5.73. The van der Waals surface area contributed by atoms with Crippen LogP contribution in [0, 0.1) is 11.8 Å². The molecule has 1 amide bonds. The second-order valence-corrected chi connectivity index (χ2v) is 7.48. The molecule has 8 nitrogen and oxygen atoms in total. The lowest BCUT2D eigenvalue weighted by atomic mass is 9.87. The Bertz CT molecular complexity index is 458. The molecule has 2 fully saturated rings. The third kappa shape index (κ3) is 5.06. The van der Waals surface area contributed by atoms with Crippen molar-refractivity contribution in [3.63, 3.8) is 0 Å². The summed E-state index contributed by atoms with van der Waals surface area (Å²) in [6, 6.07) is 0. The Morgan fingerprint density at radius 1 is 1.21 bits per heavy atom. The van der Waals surface area contributed by atoms with Gasteiger partial charge in [-0.25, -0.2) is 4.79 Å². The number of amides is 1. The zero-order valence-electron chi connectivity index (χ0n) is 14.6. The Labute approximate surface area is 142 Å². The van der Waals surface area contributed by atoms with Crippen LogP contribution < -0.4 is 0 Å². The van der Waals surface area contributed by atoms with Crippen LogP contribution in [-0.2, 0) is 14.3 Å². The van der Waals surface area contributed by atoms with Gasteiger partial charge < -0.3 is 24.6 Å². The van der Waals surface area contributed by atoms with E-state index >= 15 is 0 Å². The van der Waals surface area contributed by atoms with Crippen molar-refractivity contribution < 1.29 is 29.3 Å². The summed E-state index contributed by atoms with van der Waals surface area (Å²) >= 11 is 0. The van der Waals surface area contributed by atoms with Gasteiger partial charge in [-0.1, -0.05) is 0 Å². The summed E-state index contributed by atoms with van der Waals surface area (Å²) in [4.78, 5) is 27.1. The summed E-state index contributed by atoms with van der Waals surface area (Å²) in [5, 5.41) is 20.0. The Balaban J connectivity index is 2.07. The average molecular weight is 344 g/mol. The van der Waals surface area contributed by atoms with Crippen molar-refractivity contribution in [1.82, 2.24) is 9.80 Å². The molecule has 3 unspecified atom stereocenters. The highest BCUT2D eigenvalue weighted by atomic mass is 16.6. The van der Waals surface area contributed by atoms with E-state index in [1.807, 2.05) is 4.90 Å². The third-order valence-electron chi connectivity index (χ3n) is 4.33. The van der Waals surface area contributed by atoms with Crippen molar-refractivity contribution >= 4 is 12.1 Å². The topological polar surface area (TPSA) is 99.5 Å². The van der Waals surface area contributed by atoms with Gasteiger partial charge in [-0.15, -0.1) is 0 Å². The maximum absolute atomic E-state index is 12.3. The summed E-state index contributed by atoms with van der Waals surface area (Å²) in [5.41, 5.74) is -0.647. The number of aliphatic hydroxyl groups is 1. The lowest BCUT2D eigenvalue weighted by molar-refractivity contribution is -0.148. The van der Waals surface area contributed by atoms with Crippen LogP contribution in [-0.4, -0.2) is 83.3 Å². The second-order valence-electron chi connectivity index (χ2n) is 7.48. The van der Waals surface area contributed by atoms with E-state index in [9.17, 15) is 19.8 Å². The number of ether oxygens (including phenoxy) is 2. The fourth-order valence-electron chi connectivity index (χ4n) is 3.15. The number of carbonyl (C=O) groups excluding carboxylic acids is 1. The fourth-order valence-corrected chi connectivity index (χ4v) is 3.15. The first-order valence-electron chi connectivity index (χ1n) is 8.38. The first-order chi connectivity index (χ1) is 11.2. The predicted octanol–water partition coefficient (Wildman–Crippen LogP) is 0.595. The van der Waals surface area contributed by atoms with Crippen molar-refractivity contribution in [1.29, 1.82) is 0 Å². The molecule has 2 aliphatic heterocycles. The Kier molecular flexibility index (Phi) is 6.06. The molecule has 24 heavy (non-hydrogen) atoms. The largest absolute Gasteiger partial charge is 0.481 e. The van der Waals surface area contributed by atoms with Crippen molar-refractivity contribution in [2.45, 2.75) is 39.0 Å². The lowest BCUT2D eigenvalue weighted by Crippen LogP contribution is -2.55. The van der Waals surface area contributed by atoms with Gasteiger partial charge in [0.2, 0.25) is 0 Å². The molecule has 0 bridgehead atoms. The van der Waals surface area contributed by atoms with Gasteiger partial charge in [0.15, 0.2) is 0 Å². The smallest absolute Gasteiger partial charge is 0.410 e. The van der Waals surface area contributed by atoms with Crippen LogP contribution >= 0.6 is 0 Å².